The molecule has 1 amide bonds. The van der Waals surface area contributed by atoms with Crippen molar-refractivity contribution < 1.29 is 14.7 Å². The van der Waals surface area contributed by atoms with E-state index in [0.717, 1.165) is 0 Å². The van der Waals surface area contributed by atoms with Crippen LogP contribution in [0.25, 0.3) is 0 Å². The van der Waals surface area contributed by atoms with Gasteiger partial charge in [-0.2, -0.15) is 0 Å². The van der Waals surface area contributed by atoms with Gasteiger partial charge in [-0.1, -0.05) is 0 Å². The van der Waals surface area contributed by atoms with E-state index < -0.39 is 5.97 Å². The number of nitrogens with zero attached hydrogens (tertiary/aromatic N) is 2. The van der Waals surface area contributed by atoms with Gasteiger partial charge in [-0.15, -0.1) is 0 Å². The van der Waals surface area contributed by atoms with Gasteiger partial charge in [-0.3, -0.25) is 4.79 Å². The van der Waals surface area contributed by atoms with E-state index in [-0.39, 0.29) is 17.3 Å². The third kappa shape index (κ3) is 3.19. The minimum absolute atomic E-state index is 0.0391. The zero-order valence-electron chi connectivity index (χ0n) is 12.0. The number of aromatic carboxylic acids is 1. The molecule has 0 aromatic carbocycles. The zero-order chi connectivity index (χ0) is 15.6. The van der Waals surface area contributed by atoms with Crippen LogP contribution in [0.4, 0.5) is 11.5 Å². The Morgan fingerprint density at radius 2 is 2.05 bits per heavy atom. The lowest BCUT2D eigenvalue weighted by atomic mass is 10.2. The van der Waals surface area contributed by atoms with Crippen LogP contribution >= 0.6 is 0 Å². The van der Waals surface area contributed by atoms with Crippen molar-refractivity contribution in [3.63, 3.8) is 0 Å². The highest BCUT2D eigenvalue weighted by Crippen LogP contribution is 2.18. The van der Waals surface area contributed by atoms with Gasteiger partial charge in [-0.25, -0.2) is 9.78 Å². The Labute approximate surface area is 121 Å². The molecular weight excluding hydrogens is 272 g/mol. The van der Waals surface area contributed by atoms with Crippen LogP contribution in [-0.2, 0) is 0 Å². The van der Waals surface area contributed by atoms with Crippen LogP contribution in [0.2, 0.25) is 0 Å². The van der Waals surface area contributed by atoms with Gasteiger partial charge in [0.25, 0.3) is 5.91 Å². The monoisotopic (exact) mass is 288 g/mol. The smallest absolute Gasteiger partial charge is 0.354 e. The first-order valence-electron chi connectivity index (χ1n) is 6.26. The Balaban J connectivity index is 2.26. The van der Waals surface area contributed by atoms with E-state index in [9.17, 15) is 9.59 Å². The maximum atomic E-state index is 12.2. The number of amides is 1. The number of aromatic amines is 1. The SMILES string of the molecule is Cc1cc(NC(=O)c2ccnc(N(C)C)c2)c(C(=O)O)[nH]1. The second-order valence-electron chi connectivity index (χ2n) is 4.80. The van der Waals surface area contributed by atoms with Gasteiger partial charge in [-0.05, 0) is 25.1 Å². The second-order valence-corrected chi connectivity index (χ2v) is 4.80. The number of H-pyrrole nitrogens is 1. The van der Waals surface area contributed by atoms with Crippen molar-refractivity contribution >= 4 is 23.4 Å². The molecule has 0 spiro atoms. The first-order valence-corrected chi connectivity index (χ1v) is 6.26. The van der Waals surface area contributed by atoms with Gasteiger partial charge in [0.15, 0.2) is 0 Å². The number of anilines is 2. The molecule has 2 aromatic heterocycles. The average molecular weight is 288 g/mol. The fraction of sp³-hybridized carbons (Fsp3) is 0.214. The van der Waals surface area contributed by atoms with Crippen LogP contribution in [0.1, 0.15) is 26.5 Å². The Morgan fingerprint density at radius 1 is 1.33 bits per heavy atom. The number of nitrogens with one attached hydrogen (secondary N) is 2. The molecule has 0 bridgehead atoms. The van der Waals surface area contributed by atoms with Gasteiger partial charge in [0.2, 0.25) is 0 Å². The van der Waals surface area contributed by atoms with Gasteiger partial charge < -0.3 is 20.3 Å². The molecule has 3 N–H and O–H groups in total. The summed E-state index contributed by atoms with van der Waals surface area (Å²) in [6.07, 6.45) is 1.53. The lowest BCUT2D eigenvalue weighted by Crippen LogP contribution is -2.16. The molecule has 2 aromatic rings. The maximum absolute atomic E-state index is 12.2. The molecule has 0 radical (unpaired) electrons. The quantitative estimate of drug-likeness (QED) is 0.796. The Hall–Kier alpha value is -2.83. The fourth-order valence-electron chi connectivity index (χ4n) is 1.86. The Morgan fingerprint density at radius 3 is 2.67 bits per heavy atom. The molecule has 7 nitrogen and oxygen atoms in total. The van der Waals surface area contributed by atoms with Crippen molar-refractivity contribution in [1.82, 2.24) is 9.97 Å². The summed E-state index contributed by atoms with van der Waals surface area (Å²) < 4.78 is 0. The number of aryl methyl sites for hydroxylation is 1. The molecule has 0 saturated carbocycles. The van der Waals surface area contributed by atoms with E-state index >= 15 is 0 Å². The molecule has 21 heavy (non-hydrogen) atoms. The van der Waals surface area contributed by atoms with E-state index in [1.165, 1.54) is 6.20 Å². The Kier molecular flexibility index (Phi) is 3.93. The summed E-state index contributed by atoms with van der Waals surface area (Å²) in [5, 5.41) is 11.7. The van der Waals surface area contributed by atoms with Gasteiger partial charge in [0.1, 0.15) is 11.5 Å². The number of aromatic nitrogens is 2. The van der Waals surface area contributed by atoms with Crippen molar-refractivity contribution in [2.45, 2.75) is 6.92 Å². The first-order chi connectivity index (χ1) is 9.88. The Bertz CT molecular complexity index is 691. The fourth-order valence-corrected chi connectivity index (χ4v) is 1.86. The molecule has 0 aliphatic carbocycles. The summed E-state index contributed by atoms with van der Waals surface area (Å²) in [6.45, 7) is 1.72. The third-order valence-electron chi connectivity index (χ3n) is 2.88. The van der Waals surface area contributed by atoms with Crippen LogP contribution in [0.15, 0.2) is 24.4 Å². The topological polar surface area (TPSA) is 98.3 Å². The van der Waals surface area contributed by atoms with Crippen molar-refractivity contribution in [3.05, 3.63) is 41.3 Å². The minimum Gasteiger partial charge on any atom is -0.477 e. The summed E-state index contributed by atoms with van der Waals surface area (Å²) in [5.41, 5.74) is 1.27. The number of carboxylic acid groups (broad SMARTS) is 1. The summed E-state index contributed by atoms with van der Waals surface area (Å²) >= 11 is 0. The lowest BCUT2D eigenvalue weighted by molar-refractivity contribution is 0.0692. The largest absolute Gasteiger partial charge is 0.477 e. The number of rotatable bonds is 4. The van der Waals surface area contributed by atoms with E-state index in [1.54, 1.807) is 30.0 Å². The van der Waals surface area contributed by atoms with Crippen molar-refractivity contribution in [2.75, 3.05) is 24.3 Å². The van der Waals surface area contributed by atoms with Crippen LogP contribution < -0.4 is 10.2 Å². The molecule has 0 unspecified atom stereocenters. The van der Waals surface area contributed by atoms with Crippen LogP contribution in [-0.4, -0.2) is 41.0 Å². The highest BCUT2D eigenvalue weighted by Gasteiger charge is 2.16. The van der Waals surface area contributed by atoms with Crippen molar-refractivity contribution in [2.24, 2.45) is 0 Å². The van der Waals surface area contributed by atoms with E-state index in [2.05, 4.69) is 15.3 Å². The van der Waals surface area contributed by atoms with Gasteiger partial charge in [0.05, 0.1) is 5.69 Å². The predicted octanol–water partition coefficient (Wildman–Crippen LogP) is 1.73. The van der Waals surface area contributed by atoms with Crippen LogP contribution in [0.3, 0.4) is 0 Å². The molecule has 0 atom stereocenters. The predicted molar refractivity (Wildman–Crippen MR) is 79.0 cm³/mol. The van der Waals surface area contributed by atoms with E-state index in [1.807, 2.05) is 14.1 Å². The standard InChI is InChI=1S/C14H16N4O3/c1-8-6-10(12(16-8)14(20)21)17-13(19)9-4-5-15-11(7-9)18(2)3/h4-7,16H,1-3H3,(H,17,19)(H,20,21). The summed E-state index contributed by atoms with van der Waals surface area (Å²) in [7, 11) is 3.64. The lowest BCUT2D eigenvalue weighted by Gasteiger charge is -2.12. The molecule has 2 heterocycles. The third-order valence-corrected chi connectivity index (χ3v) is 2.88. The molecule has 110 valence electrons. The molecule has 0 aliphatic rings. The number of pyridine rings is 1. The normalized spacial score (nSPS) is 10.2. The molecule has 7 heteroatoms. The summed E-state index contributed by atoms with van der Waals surface area (Å²) in [4.78, 5) is 31.9. The molecule has 0 saturated heterocycles. The van der Waals surface area contributed by atoms with E-state index in [4.69, 9.17) is 5.11 Å². The van der Waals surface area contributed by atoms with Crippen molar-refractivity contribution in [3.8, 4) is 0 Å². The highest BCUT2D eigenvalue weighted by molar-refractivity contribution is 6.07. The summed E-state index contributed by atoms with van der Waals surface area (Å²) in [6, 6.07) is 4.78. The number of carbonyl (C=O) groups is 2. The van der Waals surface area contributed by atoms with E-state index in [0.29, 0.717) is 17.1 Å². The molecular formula is C14H16N4O3. The van der Waals surface area contributed by atoms with Gasteiger partial charge >= 0.3 is 5.97 Å². The van der Waals surface area contributed by atoms with Crippen LogP contribution in [0, 0.1) is 6.92 Å². The summed E-state index contributed by atoms with van der Waals surface area (Å²) in [5.74, 6) is -0.865. The average Bonchev–Trinajstić information content (AvgIpc) is 2.80. The minimum atomic E-state index is -1.12. The number of carboxylic acids is 1. The van der Waals surface area contributed by atoms with Crippen molar-refractivity contribution in [1.29, 1.82) is 0 Å². The second kappa shape index (κ2) is 5.66. The number of carbonyl (C=O) groups excluding carboxylic acids is 1. The highest BCUT2D eigenvalue weighted by atomic mass is 16.4. The molecule has 0 fully saturated rings. The number of hydrogen-bond acceptors (Lipinski definition) is 4. The number of hydrogen-bond donors (Lipinski definition) is 3. The first kappa shape index (κ1) is 14.6. The van der Waals surface area contributed by atoms with Gasteiger partial charge in [0, 0.05) is 31.5 Å². The molecule has 2 rings (SSSR count). The zero-order valence-corrected chi connectivity index (χ0v) is 12.0. The molecule has 0 aliphatic heterocycles. The van der Waals surface area contributed by atoms with Crippen LogP contribution in [0.5, 0.6) is 0 Å². The maximum Gasteiger partial charge on any atom is 0.354 e.